The first-order chi connectivity index (χ1) is 11.1. The van der Waals surface area contributed by atoms with Crippen LogP contribution in [-0.2, 0) is 0 Å². The first-order valence-corrected chi connectivity index (χ1v) is 8.89. The Bertz CT molecular complexity index is 699. The molecule has 3 aliphatic heterocycles. The topological polar surface area (TPSA) is 37.3 Å². The van der Waals surface area contributed by atoms with Gasteiger partial charge in [-0.15, -0.1) is 0 Å². The Kier molecular flexibility index (Phi) is 3.64. The minimum atomic E-state index is 0.145. The Balaban J connectivity index is 1.81. The molecule has 0 fully saturated rings. The van der Waals surface area contributed by atoms with Gasteiger partial charge in [-0.1, -0.05) is 11.8 Å². The molecule has 4 rings (SSSR count). The molecule has 0 N–H and O–H groups in total. The van der Waals surface area contributed by atoms with E-state index >= 15 is 0 Å². The summed E-state index contributed by atoms with van der Waals surface area (Å²) in [6.45, 7) is 7.51. The van der Waals surface area contributed by atoms with Crippen LogP contribution in [-0.4, -0.2) is 49.5 Å². The standard InChI is InChI=1S/C17H21N3O2S/c1-11(2)22-12-8-13(15-10-23-17-18-4-5-20(15)17)16-14(9-12)19(3)6-7-21-16/h8-11H,4-7H2,1-3H3. The van der Waals surface area contributed by atoms with E-state index < -0.39 is 0 Å². The molecule has 0 aliphatic carbocycles. The molecule has 5 nitrogen and oxygen atoms in total. The molecule has 0 spiro atoms. The van der Waals surface area contributed by atoms with E-state index in [-0.39, 0.29) is 6.10 Å². The number of hydrogen-bond acceptors (Lipinski definition) is 6. The Morgan fingerprint density at radius 3 is 3.00 bits per heavy atom. The fourth-order valence-electron chi connectivity index (χ4n) is 3.09. The van der Waals surface area contributed by atoms with Gasteiger partial charge in [0.2, 0.25) is 0 Å². The molecule has 3 heterocycles. The number of thioether (sulfide) groups is 1. The monoisotopic (exact) mass is 331 g/mol. The molecule has 0 saturated carbocycles. The van der Waals surface area contributed by atoms with Gasteiger partial charge in [-0.2, -0.15) is 0 Å². The van der Waals surface area contributed by atoms with Crippen molar-refractivity contribution in [3.05, 3.63) is 23.1 Å². The Morgan fingerprint density at radius 1 is 1.30 bits per heavy atom. The van der Waals surface area contributed by atoms with Crippen molar-refractivity contribution >= 4 is 28.3 Å². The lowest BCUT2D eigenvalue weighted by atomic mass is 10.1. The molecule has 0 atom stereocenters. The van der Waals surface area contributed by atoms with E-state index in [0.717, 1.165) is 47.6 Å². The van der Waals surface area contributed by atoms with Gasteiger partial charge in [0.25, 0.3) is 0 Å². The van der Waals surface area contributed by atoms with Crippen molar-refractivity contribution in [2.45, 2.75) is 20.0 Å². The first kappa shape index (κ1) is 14.8. The number of likely N-dealkylation sites (N-methyl/N-ethyl adjacent to an activating group) is 1. The average molecular weight is 331 g/mol. The van der Waals surface area contributed by atoms with E-state index in [2.05, 4.69) is 53.2 Å². The van der Waals surface area contributed by atoms with Crippen molar-refractivity contribution in [1.29, 1.82) is 0 Å². The average Bonchev–Trinajstić information content (AvgIpc) is 3.10. The number of rotatable bonds is 3. The highest BCUT2D eigenvalue weighted by Crippen LogP contribution is 2.45. The molecular formula is C17H21N3O2S. The summed E-state index contributed by atoms with van der Waals surface area (Å²) in [5.74, 6) is 1.84. The number of nitrogens with zero attached hydrogens (tertiary/aromatic N) is 3. The maximum Gasteiger partial charge on any atom is 0.168 e. The van der Waals surface area contributed by atoms with E-state index in [0.29, 0.717) is 6.61 Å². The summed E-state index contributed by atoms with van der Waals surface area (Å²) in [6, 6.07) is 4.19. The SMILES string of the molecule is CC(C)Oc1cc(C2=CSC3=NCCN23)c2c(c1)N(C)CCO2. The zero-order valence-electron chi connectivity index (χ0n) is 13.7. The van der Waals surface area contributed by atoms with Crippen LogP contribution in [0.4, 0.5) is 5.69 Å². The van der Waals surface area contributed by atoms with Crippen LogP contribution in [0.15, 0.2) is 22.5 Å². The number of hydrogen-bond donors (Lipinski definition) is 0. The molecule has 0 radical (unpaired) electrons. The quantitative estimate of drug-likeness (QED) is 0.851. The van der Waals surface area contributed by atoms with Crippen LogP contribution < -0.4 is 14.4 Å². The van der Waals surface area contributed by atoms with Crippen LogP contribution in [0, 0.1) is 0 Å². The predicted molar refractivity (Wildman–Crippen MR) is 95.5 cm³/mol. The van der Waals surface area contributed by atoms with Gasteiger partial charge in [0.05, 0.1) is 30.6 Å². The van der Waals surface area contributed by atoms with Crippen molar-refractivity contribution in [2.75, 3.05) is 38.2 Å². The third-order valence-corrected chi connectivity index (χ3v) is 5.04. The minimum Gasteiger partial charge on any atom is -0.491 e. The van der Waals surface area contributed by atoms with E-state index in [9.17, 15) is 0 Å². The lowest BCUT2D eigenvalue weighted by molar-refractivity contribution is 0.241. The normalized spacial score (nSPS) is 19.3. The maximum atomic E-state index is 6.03. The van der Waals surface area contributed by atoms with Gasteiger partial charge in [0.15, 0.2) is 10.9 Å². The van der Waals surface area contributed by atoms with Crippen molar-refractivity contribution in [1.82, 2.24) is 4.90 Å². The fraction of sp³-hybridized carbons (Fsp3) is 0.471. The molecule has 0 aromatic heterocycles. The smallest absolute Gasteiger partial charge is 0.168 e. The molecule has 23 heavy (non-hydrogen) atoms. The Labute approximate surface area is 141 Å². The number of fused-ring (bicyclic) bond motifs is 2. The molecule has 3 aliphatic rings. The largest absolute Gasteiger partial charge is 0.491 e. The highest BCUT2D eigenvalue weighted by atomic mass is 32.2. The van der Waals surface area contributed by atoms with E-state index in [4.69, 9.17) is 9.47 Å². The third-order valence-electron chi connectivity index (χ3n) is 4.14. The zero-order valence-corrected chi connectivity index (χ0v) is 14.5. The van der Waals surface area contributed by atoms with Crippen LogP contribution in [0.2, 0.25) is 0 Å². The van der Waals surface area contributed by atoms with Crippen LogP contribution >= 0.6 is 11.8 Å². The van der Waals surface area contributed by atoms with Crippen molar-refractivity contribution in [3.63, 3.8) is 0 Å². The van der Waals surface area contributed by atoms with Crippen LogP contribution in [0.25, 0.3) is 5.70 Å². The van der Waals surface area contributed by atoms with Gasteiger partial charge < -0.3 is 19.3 Å². The number of anilines is 1. The molecule has 1 aromatic rings. The fourth-order valence-corrected chi connectivity index (χ4v) is 4.04. The van der Waals surface area contributed by atoms with Crippen molar-refractivity contribution in [3.8, 4) is 11.5 Å². The number of amidine groups is 1. The molecule has 1 aromatic carbocycles. The molecule has 6 heteroatoms. The summed E-state index contributed by atoms with van der Waals surface area (Å²) in [6.07, 6.45) is 0.145. The van der Waals surface area contributed by atoms with E-state index in [1.165, 1.54) is 5.70 Å². The predicted octanol–water partition coefficient (Wildman–Crippen LogP) is 3.02. The second-order valence-corrected chi connectivity index (χ2v) is 7.03. The highest BCUT2D eigenvalue weighted by molar-refractivity contribution is 8.16. The second kappa shape index (κ2) is 5.67. The van der Waals surface area contributed by atoms with Gasteiger partial charge in [0, 0.05) is 30.6 Å². The molecular weight excluding hydrogens is 310 g/mol. The number of benzene rings is 1. The lowest BCUT2D eigenvalue weighted by Crippen LogP contribution is -2.30. The van der Waals surface area contributed by atoms with E-state index in [1.807, 2.05) is 0 Å². The van der Waals surface area contributed by atoms with E-state index in [1.54, 1.807) is 11.8 Å². The first-order valence-electron chi connectivity index (χ1n) is 8.01. The maximum absolute atomic E-state index is 6.03. The summed E-state index contributed by atoms with van der Waals surface area (Å²) in [7, 11) is 2.10. The molecule has 122 valence electrons. The second-order valence-electron chi connectivity index (χ2n) is 6.19. The summed E-state index contributed by atoms with van der Waals surface area (Å²) >= 11 is 1.69. The van der Waals surface area contributed by atoms with Gasteiger partial charge >= 0.3 is 0 Å². The van der Waals surface area contributed by atoms with Gasteiger partial charge in [0.1, 0.15) is 12.4 Å². The van der Waals surface area contributed by atoms with Gasteiger partial charge in [-0.3, -0.25) is 4.99 Å². The van der Waals surface area contributed by atoms with Crippen molar-refractivity contribution < 1.29 is 9.47 Å². The van der Waals surface area contributed by atoms with Crippen molar-refractivity contribution in [2.24, 2.45) is 4.99 Å². The molecule has 0 bridgehead atoms. The van der Waals surface area contributed by atoms with Gasteiger partial charge in [-0.25, -0.2) is 0 Å². The zero-order chi connectivity index (χ0) is 16.0. The molecule has 0 unspecified atom stereocenters. The number of ether oxygens (including phenoxy) is 2. The third kappa shape index (κ3) is 2.55. The highest BCUT2D eigenvalue weighted by Gasteiger charge is 2.31. The summed E-state index contributed by atoms with van der Waals surface area (Å²) in [5.41, 5.74) is 3.37. The van der Waals surface area contributed by atoms with Crippen LogP contribution in [0.1, 0.15) is 19.4 Å². The summed E-state index contributed by atoms with van der Waals surface area (Å²) in [4.78, 5) is 9.05. The summed E-state index contributed by atoms with van der Waals surface area (Å²) < 4.78 is 12.0. The Hall–Kier alpha value is -1.82. The summed E-state index contributed by atoms with van der Waals surface area (Å²) in [5, 5.41) is 3.26. The molecule has 0 amide bonds. The minimum absolute atomic E-state index is 0.145. The molecule has 0 saturated heterocycles. The van der Waals surface area contributed by atoms with Crippen LogP contribution in [0.5, 0.6) is 11.5 Å². The number of aliphatic imine (C=N–C) groups is 1. The lowest BCUT2D eigenvalue weighted by Gasteiger charge is -2.31. The van der Waals surface area contributed by atoms with Crippen LogP contribution in [0.3, 0.4) is 0 Å². The van der Waals surface area contributed by atoms with Gasteiger partial charge in [-0.05, 0) is 19.9 Å². The Morgan fingerprint density at radius 2 is 2.17 bits per heavy atom.